The average Bonchev–Trinajstić information content (AvgIpc) is 2.34. The van der Waals surface area contributed by atoms with Gasteiger partial charge < -0.3 is 10.4 Å². The minimum Gasteiger partial charge on any atom is -0.481 e. The molecule has 4 fully saturated rings. The van der Waals surface area contributed by atoms with Crippen molar-refractivity contribution in [2.45, 2.75) is 64.8 Å². The van der Waals surface area contributed by atoms with Crippen molar-refractivity contribution in [2.75, 3.05) is 0 Å². The van der Waals surface area contributed by atoms with E-state index in [4.69, 9.17) is 5.11 Å². The average molecular weight is 293 g/mol. The van der Waals surface area contributed by atoms with Crippen LogP contribution in [0, 0.1) is 29.1 Å². The molecule has 4 rings (SSSR count). The maximum absolute atomic E-state index is 12.4. The van der Waals surface area contributed by atoms with E-state index in [0.29, 0.717) is 6.42 Å². The molecule has 2 unspecified atom stereocenters. The van der Waals surface area contributed by atoms with Crippen LogP contribution in [0.5, 0.6) is 0 Å². The quantitative estimate of drug-likeness (QED) is 0.819. The molecule has 2 atom stereocenters. The first-order valence-electron chi connectivity index (χ1n) is 8.39. The highest BCUT2D eigenvalue weighted by atomic mass is 16.4. The van der Waals surface area contributed by atoms with Gasteiger partial charge in [0, 0.05) is 12.5 Å². The molecule has 0 aromatic carbocycles. The zero-order valence-electron chi connectivity index (χ0n) is 13.1. The predicted octanol–water partition coefficient (Wildman–Crippen LogP) is 2.82. The van der Waals surface area contributed by atoms with E-state index >= 15 is 0 Å². The Kier molecular flexibility index (Phi) is 3.74. The van der Waals surface area contributed by atoms with Gasteiger partial charge in [-0.3, -0.25) is 9.59 Å². The van der Waals surface area contributed by atoms with E-state index in [9.17, 15) is 9.59 Å². The minimum absolute atomic E-state index is 0.0533. The molecule has 0 aromatic rings. The lowest BCUT2D eigenvalue weighted by molar-refractivity contribution is -0.142. The summed E-state index contributed by atoms with van der Waals surface area (Å²) in [4.78, 5) is 23.3. The molecule has 0 aliphatic heterocycles. The van der Waals surface area contributed by atoms with Crippen LogP contribution >= 0.6 is 0 Å². The second-order valence-corrected chi connectivity index (χ2v) is 8.08. The van der Waals surface area contributed by atoms with Gasteiger partial charge in [0.25, 0.3) is 0 Å². The van der Waals surface area contributed by atoms with E-state index in [2.05, 4.69) is 5.32 Å². The van der Waals surface area contributed by atoms with Gasteiger partial charge in [-0.25, -0.2) is 0 Å². The van der Waals surface area contributed by atoms with Crippen molar-refractivity contribution < 1.29 is 14.7 Å². The Morgan fingerprint density at radius 2 is 1.57 bits per heavy atom. The van der Waals surface area contributed by atoms with Gasteiger partial charge in [-0.15, -0.1) is 0 Å². The van der Waals surface area contributed by atoms with Crippen LogP contribution in [0.1, 0.15) is 58.8 Å². The Balaban J connectivity index is 1.59. The lowest BCUT2D eigenvalue weighted by atomic mass is 9.49. The maximum Gasteiger partial charge on any atom is 0.308 e. The van der Waals surface area contributed by atoms with E-state index in [-0.39, 0.29) is 17.4 Å². The normalized spacial score (nSPS) is 39.8. The topological polar surface area (TPSA) is 66.4 Å². The van der Waals surface area contributed by atoms with Crippen molar-refractivity contribution in [3.8, 4) is 0 Å². The summed E-state index contributed by atoms with van der Waals surface area (Å²) in [5.74, 6) is 1.21. The first-order chi connectivity index (χ1) is 9.87. The Hall–Kier alpha value is -1.06. The predicted molar refractivity (Wildman–Crippen MR) is 79.6 cm³/mol. The van der Waals surface area contributed by atoms with Crippen LogP contribution in [-0.4, -0.2) is 23.0 Å². The number of carboxylic acid groups (broad SMARTS) is 1. The molecular weight excluding hydrogens is 266 g/mol. The molecule has 0 radical (unpaired) electrons. The van der Waals surface area contributed by atoms with Gasteiger partial charge in [-0.2, -0.15) is 0 Å². The SMILES string of the molecule is CC(NC(=O)CC12CC3CC(CC(C3)C1)C2)C(C)C(=O)O. The van der Waals surface area contributed by atoms with E-state index < -0.39 is 11.9 Å². The highest BCUT2D eigenvalue weighted by molar-refractivity contribution is 5.78. The van der Waals surface area contributed by atoms with Crippen molar-refractivity contribution in [3.63, 3.8) is 0 Å². The van der Waals surface area contributed by atoms with Crippen molar-refractivity contribution >= 4 is 11.9 Å². The second-order valence-electron chi connectivity index (χ2n) is 8.08. The van der Waals surface area contributed by atoms with Crippen LogP contribution < -0.4 is 5.32 Å². The third-order valence-corrected chi connectivity index (χ3v) is 6.23. The standard InChI is InChI=1S/C17H27NO3/c1-10(16(20)21)11(2)18-15(19)9-17-6-12-3-13(7-17)5-14(4-12)8-17/h10-14H,3-9H2,1-2H3,(H,18,19)(H,20,21). The molecule has 0 saturated heterocycles. The molecule has 0 heterocycles. The number of carboxylic acids is 1. The van der Waals surface area contributed by atoms with Gasteiger partial charge in [0.05, 0.1) is 5.92 Å². The molecule has 0 spiro atoms. The van der Waals surface area contributed by atoms with Crippen LogP contribution in [0.4, 0.5) is 0 Å². The molecule has 4 nitrogen and oxygen atoms in total. The van der Waals surface area contributed by atoms with Crippen LogP contribution in [-0.2, 0) is 9.59 Å². The fraction of sp³-hybridized carbons (Fsp3) is 0.882. The van der Waals surface area contributed by atoms with Gasteiger partial charge in [0.2, 0.25) is 5.91 Å². The van der Waals surface area contributed by atoms with Crippen molar-refractivity contribution in [3.05, 3.63) is 0 Å². The summed E-state index contributed by atoms with van der Waals surface area (Å²) < 4.78 is 0. The van der Waals surface area contributed by atoms with Gasteiger partial charge in [0.1, 0.15) is 0 Å². The number of carbonyl (C=O) groups is 2. The van der Waals surface area contributed by atoms with Gasteiger partial charge in [0.15, 0.2) is 0 Å². The molecule has 4 bridgehead atoms. The Bertz CT molecular complexity index is 410. The zero-order valence-corrected chi connectivity index (χ0v) is 13.1. The monoisotopic (exact) mass is 293 g/mol. The number of rotatable bonds is 5. The van der Waals surface area contributed by atoms with Gasteiger partial charge in [-0.05, 0) is 75.5 Å². The number of amides is 1. The summed E-state index contributed by atoms with van der Waals surface area (Å²) in [5, 5.41) is 11.9. The highest BCUT2D eigenvalue weighted by Gasteiger charge is 2.51. The van der Waals surface area contributed by atoms with Crippen LogP contribution in [0.15, 0.2) is 0 Å². The molecule has 4 saturated carbocycles. The summed E-state index contributed by atoms with van der Waals surface area (Å²) in [6.07, 6.45) is 8.40. The van der Waals surface area contributed by atoms with Crippen LogP contribution in [0.25, 0.3) is 0 Å². The molecule has 2 N–H and O–H groups in total. The van der Waals surface area contributed by atoms with Crippen molar-refractivity contribution in [1.82, 2.24) is 5.32 Å². The summed E-state index contributed by atoms with van der Waals surface area (Å²) >= 11 is 0. The number of hydrogen-bond donors (Lipinski definition) is 2. The first kappa shape index (κ1) is 14.9. The third kappa shape index (κ3) is 2.95. The lowest BCUT2D eigenvalue weighted by Gasteiger charge is -2.56. The fourth-order valence-corrected chi connectivity index (χ4v) is 5.49. The summed E-state index contributed by atoms with van der Waals surface area (Å²) in [6.45, 7) is 3.44. The minimum atomic E-state index is -0.849. The summed E-state index contributed by atoms with van der Waals surface area (Å²) in [6, 6.07) is -0.302. The largest absolute Gasteiger partial charge is 0.481 e. The van der Waals surface area contributed by atoms with Gasteiger partial charge >= 0.3 is 5.97 Å². The Morgan fingerprint density at radius 1 is 1.10 bits per heavy atom. The molecule has 0 aromatic heterocycles. The molecule has 4 heteroatoms. The van der Waals surface area contributed by atoms with Crippen LogP contribution in [0.3, 0.4) is 0 Å². The molecule has 1 amide bonds. The van der Waals surface area contributed by atoms with E-state index in [1.54, 1.807) is 13.8 Å². The number of aliphatic carboxylic acids is 1. The first-order valence-corrected chi connectivity index (χ1v) is 8.39. The van der Waals surface area contributed by atoms with Crippen molar-refractivity contribution in [2.24, 2.45) is 29.1 Å². The summed E-state index contributed by atoms with van der Waals surface area (Å²) in [7, 11) is 0. The number of hydrogen-bond acceptors (Lipinski definition) is 2. The molecule has 21 heavy (non-hydrogen) atoms. The third-order valence-electron chi connectivity index (χ3n) is 6.23. The van der Waals surface area contributed by atoms with E-state index in [0.717, 1.165) is 17.8 Å². The lowest BCUT2D eigenvalue weighted by Crippen LogP contribution is -2.49. The van der Waals surface area contributed by atoms with Gasteiger partial charge in [-0.1, -0.05) is 0 Å². The summed E-state index contributed by atoms with van der Waals surface area (Å²) in [5.41, 5.74) is 0.227. The van der Waals surface area contributed by atoms with E-state index in [1.165, 1.54) is 38.5 Å². The molecular formula is C17H27NO3. The Labute approximate surface area is 126 Å². The molecule has 4 aliphatic rings. The fourth-order valence-electron chi connectivity index (χ4n) is 5.49. The van der Waals surface area contributed by atoms with E-state index in [1.807, 2.05) is 0 Å². The zero-order chi connectivity index (χ0) is 15.2. The molecule has 118 valence electrons. The second kappa shape index (κ2) is 5.29. The Morgan fingerprint density at radius 3 is 2.00 bits per heavy atom. The number of nitrogens with one attached hydrogen (secondary N) is 1. The van der Waals surface area contributed by atoms with Crippen LogP contribution in [0.2, 0.25) is 0 Å². The maximum atomic E-state index is 12.4. The number of carbonyl (C=O) groups excluding carboxylic acids is 1. The highest BCUT2D eigenvalue weighted by Crippen LogP contribution is 2.61. The van der Waals surface area contributed by atoms with Crippen molar-refractivity contribution in [1.29, 1.82) is 0 Å². The smallest absolute Gasteiger partial charge is 0.308 e. The molecule has 4 aliphatic carbocycles.